The van der Waals surface area contributed by atoms with Gasteiger partial charge in [-0.2, -0.15) is 0 Å². The van der Waals surface area contributed by atoms with Gasteiger partial charge < -0.3 is 11.1 Å². The average Bonchev–Trinajstić information content (AvgIpc) is 2.40. The van der Waals surface area contributed by atoms with Crippen LogP contribution in [0.4, 0.5) is 5.69 Å². The molecule has 1 aromatic carbocycles. The second-order valence-electron chi connectivity index (χ2n) is 4.05. The van der Waals surface area contributed by atoms with Gasteiger partial charge in [-0.1, -0.05) is 23.8 Å². The molecule has 2 aromatic rings. The minimum atomic E-state index is 0. The summed E-state index contributed by atoms with van der Waals surface area (Å²) in [5, 5.41) is 3.05. The van der Waals surface area contributed by atoms with E-state index < -0.39 is 0 Å². The van der Waals surface area contributed by atoms with Crippen molar-refractivity contribution in [2.75, 3.05) is 5.32 Å². The molecule has 0 bridgehead atoms. The zero-order chi connectivity index (χ0) is 12.8. The van der Waals surface area contributed by atoms with Gasteiger partial charge in [-0.3, -0.25) is 4.98 Å². The van der Waals surface area contributed by atoms with Gasteiger partial charge in [-0.05, 0) is 30.7 Å². The Hall–Kier alpha value is -1.63. The third kappa shape index (κ3) is 5.25. The molecule has 0 atom stereocenters. The molecular weight excluding hydrogens is 351 g/mol. The standard InChI is InChI=1S/C14H16N4.HI/c1-11-4-6-13(7-5-11)18-14(15)17-10-12-3-2-8-16-9-12;/h2-9H,10H2,1H3,(H3,15,17,18);1H. The number of aryl methyl sites for hydroxylation is 1. The molecule has 0 fully saturated rings. The number of nitrogens with one attached hydrogen (secondary N) is 1. The number of rotatable bonds is 3. The summed E-state index contributed by atoms with van der Waals surface area (Å²) in [5.74, 6) is 0.405. The van der Waals surface area contributed by atoms with Crippen molar-refractivity contribution in [2.45, 2.75) is 13.5 Å². The van der Waals surface area contributed by atoms with Crippen LogP contribution >= 0.6 is 24.0 Å². The molecule has 0 aliphatic carbocycles. The summed E-state index contributed by atoms with van der Waals surface area (Å²) in [7, 11) is 0. The van der Waals surface area contributed by atoms with Gasteiger partial charge >= 0.3 is 0 Å². The van der Waals surface area contributed by atoms with Gasteiger partial charge in [-0.15, -0.1) is 24.0 Å². The van der Waals surface area contributed by atoms with Crippen molar-refractivity contribution >= 4 is 35.6 Å². The first-order valence-electron chi connectivity index (χ1n) is 5.76. The number of pyridine rings is 1. The molecular formula is C14H17IN4. The van der Waals surface area contributed by atoms with Crippen LogP contribution in [0.15, 0.2) is 53.8 Å². The highest BCUT2D eigenvalue weighted by Gasteiger charge is 1.95. The topological polar surface area (TPSA) is 63.3 Å². The molecule has 0 radical (unpaired) electrons. The second kappa shape index (κ2) is 7.73. The van der Waals surface area contributed by atoms with Crippen molar-refractivity contribution in [3.63, 3.8) is 0 Å². The Morgan fingerprint density at radius 3 is 2.63 bits per heavy atom. The predicted molar refractivity (Wildman–Crippen MR) is 89.8 cm³/mol. The quantitative estimate of drug-likeness (QED) is 0.498. The molecule has 0 spiro atoms. The number of nitrogens with zero attached hydrogens (tertiary/aromatic N) is 2. The van der Waals surface area contributed by atoms with E-state index in [1.807, 2.05) is 43.3 Å². The van der Waals surface area contributed by atoms with Crippen LogP contribution in [0.3, 0.4) is 0 Å². The first-order valence-corrected chi connectivity index (χ1v) is 5.76. The molecule has 0 unspecified atom stereocenters. The fraction of sp³-hybridized carbons (Fsp3) is 0.143. The van der Waals surface area contributed by atoms with Gasteiger partial charge in [0.1, 0.15) is 0 Å². The van der Waals surface area contributed by atoms with Gasteiger partial charge in [0.15, 0.2) is 5.96 Å². The molecule has 19 heavy (non-hydrogen) atoms. The fourth-order valence-corrected chi connectivity index (χ4v) is 1.49. The van der Waals surface area contributed by atoms with Crippen molar-refractivity contribution in [1.82, 2.24) is 4.98 Å². The lowest BCUT2D eigenvalue weighted by Gasteiger charge is -2.05. The van der Waals surface area contributed by atoms with Crippen LogP contribution in [0.1, 0.15) is 11.1 Å². The second-order valence-corrected chi connectivity index (χ2v) is 4.05. The summed E-state index contributed by atoms with van der Waals surface area (Å²) in [6.07, 6.45) is 3.52. The van der Waals surface area contributed by atoms with Crippen LogP contribution < -0.4 is 11.1 Å². The minimum Gasteiger partial charge on any atom is -0.370 e. The van der Waals surface area contributed by atoms with Crippen LogP contribution in [0, 0.1) is 6.92 Å². The molecule has 100 valence electrons. The first kappa shape index (κ1) is 15.4. The van der Waals surface area contributed by atoms with E-state index in [1.165, 1.54) is 5.56 Å². The molecule has 0 saturated heterocycles. The zero-order valence-electron chi connectivity index (χ0n) is 10.7. The van der Waals surface area contributed by atoms with Gasteiger partial charge in [0.05, 0.1) is 6.54 Å². The number of hydrogen-bond acceptors (Lipinski definition) is 2. The Morgan fingerprint density at radius 1 is 1.26 bits per heavy atom. The number of anilines is 1. The van der Waals surface area contributed by atoms with E-state index >= 15 is 0 Å². The number of guanidine groups is 1. The lowest BCUT2D eigenvalue weighted by atomic mass is 10.2. The SMILES string of the molecule is Cc1ccc(NC(N)=NCc2cccnc2)cc1.I. The van der Waals surface area contributed by atoms with E-state index in [9.17, 15) is 0 Å². The van der Waals surface area contributed by atoms with Crippen molar-refractivity contribution in [2.24, 2.45) is 10.7 Å². The Morgan fingerprint density at radius 2 is 2.00 bits per heavy atom. The minimum absolute atomic E-state index is 0. The molecule has 1 aromatic heterocycles. The Bertz CT molecular complexity index is 523. The average molecular weight is 368 g/mol. The van der Waals surface area contributed by atoms with E-state index in [0.29, 0.717) is 12.5 Å². The molecule has 4 nitrogen and oxygen atoms in total. The Balaban J connectivity index is 0.00000180. The lowest BCUT2D eigenvalue weighted by Crippen LogP contribution is -2.22. The van der Waals surface area contributed by atoms with Crippen molar-refractivity contribution in [3.8, 4) is 0 Å². The van der Waals surface area contributed by atoms with Crippen molar-refractivity contribution in [1.29, 1.82) is 0 Å². The molecule has 5 heteroatoms. The van der Waals surface area contributed by atoms with E-state index in [2.05, 4.69) is 15.3 Å². The summed E-state index contributed by atoms with van der Waals surface area (Å²) in [6, 6.07) is 11.8. The van der Waals surface area contributed by atoms with E-state index in [-0.39, 0.29) is 24.0 Å². The summed E-state index contributed by atoms with van der Waals surface area (Å²) >= 11 is 0. The van der Waals surface area contributed by atoms with E-state index in [4.69, 9.17) is 5.73 Å². The van der Waals surface area contributed by atoms with Crippen molar-refractivity contribution in [3.05, 3.63) is 59.9 Å². The molecule has 3 N–H and O–H groups in total. The summed E-state index contributed by atoms with van der Waals surface area (Å²) in [6.45, 7) is 2.57. The number of aliphatic imine (C=N–C) groups is 1. The molecule has 0 aliphatic rings. The number of benzene rings is 1. The number of nitrogens with two attached hydrogens (primary N) is 1. The van der Waals surface area contributed by atoms with E-state index in [0.717, 1.165) is 11.3 Å². The van der Waals surface area contributed by atoms with Gasteiger partial charge in [-0.25, -0.2) is 4.99 Å². The molecule has 1 heterocycles. The monoisotopic (exact) mass is 368 g/mol. The van der Waals surface area contributed by atoms with Gasteiger partial charge in [0, 0.05) is 18.1 Å². The molecule has 2 rings (SSSR count). The molecule has 0 aliphatic heterocycles. The lowest BCUT2D eigenvalue weighted by molar-refractivity contribution is 1.04. The van der Waals surface area contributed by atoms with Crippen LogP contribution in [0.2, 0.25) is 0 Å². The first-order chi connectivity index (χ1) is 8.74. The van der Waals surface area contributed by atoms with Crippen molar-refractivity contribution < 1.29 is 0 Å². The highest BCUT2D eigenvalue weighted by Crippen LogP contribution is 2.08. The summed E-state index contributed by atoms with van der Waals surface area (Å²) < 4.78 is 0. The predicted octanol–water partition coefficient (Wildman–Crippen LogP) is 2.93. The maximum atomic E-state index is 5.81. The van der Waals surface area contributed by atoms with E-state index in [1.54, 1.807) is 12.4 Å². The normalized spacial score (nSPS) is 10.7. The Labute approximate surface area is 130 Å². The highest BCUT2D eigenvalue weighted by atomic mass is 127. The summed E-state index contributed by atoms with van der Waals surface area (Å²) in [5.41, 5.74) is 9.00. The third-order valence-electron chi connectivity index (χ3n) is 2.48. The smallest absolute Gasteiger partial charge is 0.193 e. The molecule has 0 amide bonds. The molecule has 0 saturated carbocycles. The fourth-order valence-electron chi connectivity index (χ4n) is 1.49. The zero-order valence-corrected chi connectivity index (χ0v) is 13.0. The van der Waals surface area contributed by atoms with Gasteiger partial charge in [0.25, 0.3) is 0 Å². The maximum absolute atomic E-state index is 5.81. The highest BCUT2D eigenvalue weighted by molar-refractivity contribution is 14.0. The van der Waals surface area contributed by atoms with Crippen LogP contribution in [0.5, 0.6) is 0 Å². The van der Waals surface area contributed by atoms with Crippen LogP contribution in [-0.4, -0.2) is 10.9 Å². The largest absolute Gasteiger partial charge is 0.370 e. The number of hydrogen-bond donors (Lipinski definition) is 2. The third-order valence-corrected chi connectivity index (χ3v) is 2.48. The maximum Gasteiger partial charge on any atom is 0.193 e. The van der Waals surface area contributed by atoms with Gasteiger partial charge in [0.2, 0.25) is 0 Å². The van der Waals surface area contributed by atoms with Crippen LogP contribution in [-0.2, 0) is 6.54 Å². The number of halogens is 1. The summed E-state index contributed by atoms with van der Waals surface area (Å²) in [4.78, 5) is 8.28. The number of aromatic nitrogens is 1. The van der Waals surface area contributed by atoms with Crippen LogP contribution in [0.25, 0.3) is 0 Å². The Kier molecular flexibility index (Phi) is 6.27.